The van der Waals surface area contributed by atoms with Crippen molar-refractivity contribution in [1.82, 2.24) is 0 Å². The summed E-state index contributed by atoms with van der Waals surface area (Å²) in [6.45, 7) is 6.03. The Hall–Kier alpha value is 0.260. The third-order valence-electron chi connectivity index (χ3n) is 5.17. The molecule has 2 aliphatic carbocycles. The molecule has 2 aliphatic rings. The normalized spacial score (nSPS) is 40.3. The Morgan fingerprint density at radius 3 is 2.11 bits per heavy atom. The molecule has 1 unspecified atom stereocenters. The molecular weight excluding hydrogens is 294 g/mol. The minimum Gasteiger partial charge on any atom is -0.790 e. The molecule has 0 amide bonds. The molecule has 112 valence electrons. The van der Waals surface area contributed by atoms with Crippen molar-refractivity contribution in [3.63, 3.8) is 0 Å². The van der Waals surface area contributed by atoms with E-state index >= 15 is 0 Å². The van der Waals surface area contributed by atoms with Crippen molar-refractivity contribution in [1.29, 1.82) is 0 Å². The fraction of sp³-hybridized carbons (Fsp3) is 1.00. The minimum absolute atomic E-state index is 0.0870. The monoisotopic (exact) mass is 311 g/mol. The summed E-state index contributed by atoms with van der Waals surface area (Å²) in [6.07, 6.45) is 1.69. The van der Waals surface area contributed by atoms with E-state index in [2.05, 4.69) is 18.2 Å². The molecule has 19 heavy (non-hydrogen) atoms. The van der Waals surface area contributed by atoms with Crippen LogP contribution in [0.3, 0.4) is 0 Å². The van der Waals surface area contributed by atoms with Gasteiger partial charge in [0.1, 0.15) is 0 Å². The zero-order valence-corrected chi connectivity index (χ0v) is 12.8. The smallest absolute Gasteiger partial charge is 0.272 e. The molecule has 0 aromatic heterocycles. The van der Waals surface area contributed by atoms with E-state index in [9.17, 15) is 23.8 Å². The van der Waals surface area contributed by atoms with Gasteiger partial charge in [-0.05, 0) is 36.0 Å². The predicted molar refractivity (Wildman–Crippen MR) is 60.4 cm³/mol. The second-order valence-electron chi connectivity index (χ2n) is 6.18. The van der Waals surface area contributed by atoms with Gasteiger partial charge < -0.3 is 23.8 Å². The second kappa shape index (κ2) is 4.38. The van der Waals surface area contributed by atoms with E-state index in [1.807, 2.05) is 6.92 Å². The lowest BCUT2D eigenvalue weighted by molar-refractivity contribution is -0.340. The molecule has 0 aromatic rings. The zero-order valence-electron chi connectivity index (χ0n) is 11.0. The van der Waals surface area contributed by atoms with Gasteiger partial charge >= 0.3 is 0 Å². The van der Waals surface area contributed by atoms with Crippen molar-refractivity contribution in [2.75, 3.05) is 0 Å². The number of phosphoric ester groups is 1. The molecule has 0 aromatic carbocycles. The fourth-order valence-corrected chi connectivity index (χ4v) is 5.35. The average Bonchev–Trinajstić information content (AvgIpc) is 2.45. The minimum atomic E-state index is -5.62. The van der Waals surface area contributed by atoms with E-state index in [-0.39, 0.29) is 10.8 Å². The van der Waals surface area contributed by atoms with Crippen LogP contribution in [-0.4, -0.2) is 6.10 Å². The highest BCUT2D eigenvalue weighted by Crippen LogP contribution is 2.68. The van der Waals surface area contributed by atoms with E-state index in [1.54, 1.807) is 0 Å². The van der Waals surface area contributed by atoms with Crippen LogP contribution < -0.4 is 14.7 Å². The third kappa shape index (κ3) is 2.70. The van der Waals surface area contributed by atoms with Crippen LogP contribution in [0.15, 0.2) is 0 Å². The molecule has 0 heterocycles. The van der Waals surface area contributed by atoms with Gasteiger partial charge in [-0.15, -0.1) is 0 Å². The Bertz CT molecular complexity index is 470. The highest BCUT2D eigenvalue weighted by Gasteiger charge is 2.62. The van der Waals surface area contributed by atoms with Crippen molar-refractivity contribution < 1.29 is 32.6 Å². The van der Waals surface area contributed by atoms with Crippen LogP contribution in [0.1, 0.15) is 40.0 Å². The van der Waals surface area contributed by atoms with Gasteiger partial charge in [0.25, 0.3) is 7.82 Å². The second-order valence-corrected chi connectivity index (χ2v) is 8.83. The van der Waals surface area contributed by atoms with Gasteiger partial charge in [-0.2, -0.15) is 0 Å². The molecule has 0 saturated heterocycles. The van der Waals surface area contributed by atoms with Crippen molar-refractivity contribution >= 4 is 15.6 Å². The number of hydrogen-bond acceptors (Lipinski definition) is 7. The summed E-state index contributed by atoms with van der Waals surface area (Å²) < 4.78 is 30.2. The number of hydrogen-bond donors (Lipinski definition) is 0. The summed E-state index contributed by atoms with van der Waals surface area (Å²) in [4.78, 5) is 32.2. The molecular formula is C10H17O7P2-3. The van der Waals surface area contributed by atoms with Crippen LogP contribution in [0.25, 0.3) is 0 Å². The van der Waals surface area contributed by atoms with Gasteiger partial charge in [0.15, 0.2) is 0 Å². The van der Waals surface area contributed by atoms with E-state index < -0.39 is 21.7 Å². The summed E-state index contributed by atoms with van der Waals surface area (Å²) in [7, 11) is -10.7. The Kier molecular flexibility index (Phi) is 3.60. The van der Waals surface area contributed by atoms with Crippen LogP contribution >= 0.6 is 15.6 Å². The maximum absolute atomic E-state index is 11.4. The molecule has 7 nitrogen and oxygen atoms in total. The van der Waals surface area contributed by atoms with Gasteiger partial charge in [0, 0.05) is 0 Å². The van der Waals surface area contributed by atoms with Crippen molar-refractivity contribution in [3.05, 3.63) is 0 Å². The maximum atomic E-state index is 11.4. The molecule has 9 heteroatoms. The van der Waals surface area contributed by atoms with Crippen molar-refractivity contribution in [2.45, 2.75) is 46.1 Å². The van der Waals surface area contributed by atoms with E-state index in [0.29, 0.717) is 12.3 Å². The highest BCUT2D eigenvalue weighted by atomic mass is 31.3. The molecule has 2 fully saturated rings. The van der Waals surface area contributed by atoms with Gasteiger partial charge in [0.05, 0.1) is 13.9 Å². The Balaban J connectivity index is 2.14. The molecule has 0 spiro atoms. The van der Waals surface area contributed by atoms with Crippen molar-refractivity contribution in [2.24, 2.45) is 16.7 Å². The maximum Gasteiger partial charge on any atom is 0.272 e. The van der Waals surface area contributed by atoms with Gasteiger partial charge in [-0.3, -0.25) is 8.88 Å². The number of phosphoric acid groups is 2. The molecule has 0 N–H and O–H groups in total. The quantitative estimate of drug-likeness (QED) is 0.694. The molecule has 2 bridgehead atoms. The summed E-state index contributed by atoms with van der Waals surface area (Å²) in [5, 5.41) is 0. The number of fused-ring (bicyclic) bond motifs is 2. The predicted octanol–water partition coefficient (Wildman–Crippen LogP) is 0.531. The largest absolute Gasteiger partial charge is 0.790 e. The first-order valence-corrected chi connectivity index (χ1v) is 9.02. The first-order valence-electron chi connectivity index (χ1n) is 6.10. The first-order chi connectivity index (χ1) is 8.37. The fourth-order valence-electron chi connectivity index (χ4n) is 3.59. The molecule has 0 radical (unpaired) electrons. The lowest BCUT2D eigenvalue weighted by Gasteiger charge is -2.42. The van der Waals surface area contributed by atoms with Crippen LogP contribution in [-0.2, 0) is 18.0 Å². The SMILES string of the molecule is CC1(C)[C@@H]2CC[C@@]1(C)[C@@H](OP(=O)([O-])OP(=O)([O-])[O-])C2. The first kappa shape index (κ1) is 15.6. The van der Waals surface area contributed by atoms with Crippen molar-refractivity contribution in [3.8, 4) is 0 Å². The van der Waals surface area contributed by atoms with Crippen LogP contribution in [0.4, 0.5) is 0 Å². The number of rotatable bonds is 4. The summed E-state index contributed by atoms with van der Waals surface area (Å²) in [6, 6.07) is 0. The van der Waals surface area contributed by atoms with E-state index in [1.165, 1.54) is 0 Å². The van der Waals surface area contributed by atoms with Crippen LogP contribution in [0.2, 0.25) is 0 Å². The Morgan fingerprint density at radius 2 is 1.74 bits per heavy atom. The summed E-state index contributed by atoms with van der Waals surface area (Å²) in [5.74, 6) is 0.328. The topological polar surface area (TPSA) is 122 Å². The lowest BCUT2D eigenvalue weighted by atomic mass is 9.70. The zero-order chi connectivity index (χ0) is 14.7. The van der Waals surface area contributed by atoms with Gasteiger partial charge in [0.2, 0.25) is 0 Å². The van der Waals surface area contributed by atoms with Crippen LogP contribution in [0, 0.1) is 16.7 Å². The Labute approximate surface area is 112 Å². The highest BCUT2D eigenvalue weighted by molar-refractivity contribution is 7.58. The Morgan fingerprint density at radius 1 is 1.16 bits per heavy atom. The summed E-state index contributed by atoms with van der Waals surface area (Å²) >= 11 is 0. The van der Waals surface area contributed by atoms with Gasteiger partial charge in [-0.1, -0.05) is 20.8 Å². The van der Waals surface area contributed by atoms with Crippen LogP contribution in [0.5, 0.6) is 0 Å². The van der Waals surface area contributed by atoms with E-state index in [4.69, 9.17) is 4.52 Å². The van der Waals surface area contributed by atoms with E-state index in [0.717, 1.165) is 12.8 Å². The van der Waals surface area contributed by atoms with Gasteiger partial charge in [-0.25, -0.2) is 0 Å². The molecule has 2 rings (SSSR count). The standard InChI is InChI=1S/C10H20O7P2/c1-9(2)7-4-5-10(9,3)8(6-7)16-19(14,15)17-18(11,12)13/h7-8H,4-6H2,1-3H3,(H,14,15)(H2,11,12,13)/p-3/t7-,8+,10+/m1/s1. The third-order valence-corrected chi connectivity index (χ3v) is 7.28. The molecule has 2 saturated carbocycles. The summed E-state index contributed by atoms with van der Waals surface area (Å²) in [5.41, 5.74) is -0.451. The molecule has 0 aliphatic heterocycles. The molecule has 4 atom stereocenters. The average molecular weight is 311 g/mol. The lowest BCUT2D eigenvalue weighted by Crippen LogP contribution is -2.37.